The molecule has 1 aliphatic rings. The predicted molar refractivity (Wildman–Crippen MR) is 122 cm³/mol. The molecular formula is C19H23F3N6O5S2. The van der Waals surface area contributed by atoms with Gasteiger partial charge in [-0.15, -0.1) is 20.4 Å². The fourth-order valence-corrected chi connectivity index (χ4v) is 4.54. The average molecular weight is 537 g/mol. The third-order valence-electron chi connectivity index (χ3n) is 5.11. The molecule has 192 valence electrons. The lowest BCUT2D eigenvalue weighted by molar-refractivity contribution is -0.0429. The van der Waals surface area contributed by atoms with Crippen LogP contribution in [0.5, 0.6) is 0 Å². The minimum atomic E-state index is -5.71. The fraction of sp³-hybridized carbons (Fsp3) is 0.526. The van der Waals surface area contributed by atoms with Gasteiger partial charge in [0.1, 0.15) is 12.3 Å². The second-order valence-electron chi connectivity index (χ2n) is 7.44. The minimum absolute atomic E-state index is 0.0109. The number of azo groups is 1. The Labute approximate surface area is 203 Å². The van der Waals surface area contributed by atoms with Crippen LogP contribution in [0, 0.1) is 0 Å². The molecule has 0 spiro atoms. The molecule has 1 aromatic carbocycles. The van der Waals surface area contributed by atoms with Crippen LogP contribution >= 0.6 is 11.3 Å². The second kappa shape index (κ2) is 10.8. The molecule has 0 aliphatic carbocycles. The Morgan fingerprint density at radius 3 is 2.69 bits per heavy atom. The van der Waals surface area contributed by atoms with Gasteiger partial charge in [0.15, 0.2) is 0 Å². The van der Waals surface area contributed by atoms with Gasteiger partial charge >= 0.3 is 21.5 Å². The Hall–Kier alpha value is -2.85. The summed E-state index contributed by atoms with van der Waals surface area (Å²) in [4.78, 5) is 13.9. The highest BCUT2D eigenvalue weighted by Gasteiger charge is 2.46. The van der Waals surface area contributed by atoms with E-state index in [1.807, 2.05) is 18.7 Å². The number of hydrogen-bond donors (Lipinski definition) is 1. The number of halogens is 3. The summed E-state index contributed by atoms with van der Waals surface area (Å²) in [5.41, 5.74) is -4.65. The van der Waals surface area contributed by atoms with Gasteiger partial charge in [-0.2, -0.15) is 21.6 Å². The second-order valence-corrected chi connectivity index (χ2v) is 10.1. The van der Waals surface area contributed by atoms with Crippen LogP contribution in [0.1, 0.15) is 35.6 Å². The maximum Gasteiger partial charge on any atom is 0.516 e. The zero-order valence-electron chi connectivity index (χ0n) is 19.0. The number of hydrogen-bond acceptors (Lipinski definition) is 11. The summed E-state index contributed by atoms with van der Waals surface area (Å²) in [6, 6.07) is 2.93. The van der Waals surface area contributed by atoms with Crippen LogP contribution < -0.4 is 9.62 Å². The Kier molecular flexibility index (Phi) is 8.27. The molecule has 1 unspecified atom stereocenters. The van der Waals surface area contributed by atoms with E-state index >= 15 is 0 Å². The van der Waals surface area contributed by atoms with Crippen LogP contribution in [0.2, 0.25) is 0 Å². The Morgan fingerprint density at radius 2 is 2.03 bits per heavy atom. The normalized spacial score (nSPS) is 16.4. The number of benzene rings is 1. The summed E-state index contributed by atoms with van der Waals surface area (Å²) >= 11 is 0.750. The van der Waals surface area contributed by atoms with E-state index in [0.717, 1.165) is 23.3 Å². The molecule has 2 aromatic rings. The van der Waals surface area contributed by atoms with Crippen molar-refractivity contribution in [3.8, 4) is 0 Å². The molecule has 11 nitrogen and oxygen atoms in total. The lowest BCUT2D eigenvalue weighted by Crippen LogP contribution is -2.37. The summed E-state index contributed by atoms with van der Waals surface area (Å²) in [5, 5.41) is 14.9. The van der Waals surface area contributed by atoms with Crippen LogP contribution in [0.3, 0.4) is 0 Å². The van der Waals surface area contributed by atoms with Crippen LogP contribution in [0.25, 0.3) is 0 Å². The monoisotopic (exact) mass is 536 g/mol. The van der Waals surface area contributed by atoms with Gasteiger partial charge in [-0.25, -0.2) is 4.79 Å². The van der Waals surface area contributed by atoms with Crippen molar-refractivity contribution in [1.29, 1.82) is 0 Å². The number of nitrogens with zero attached hydrogens (tertiary/aromatic N) is 5. The number of rotatable bonds is 9. The van der Waals surface area contributed by atoms with Crippen molar-refractivity contribution in [1.82, 2.24) is 10.2 Å². The molecular weight excluding hydrogens is 513 g/mol. The van der Waals surface area contributed by atoms with Gasteiger partial charge in [0.05, 0.1) is 12.3 Å². The molecule has 0 saturated heterocycles. The number of sulfonamides is 1. The van der Waals surface area contributed by atoms with Crippen molar-refractivity contribution in [2.24, 2.45) is 10.2 Å². The first-order valence-corrected chi connectivity index (χ1v) is 12.7. The van der Waals surface area contributed by atoms with Gasteiger partial charge < -0.3 is 14.4 Å². The summed E-state index contributed by atoms with van der Waals surface area (Å²) in [6.07, 6.45) is 1.42. The number of esters is 1. The van der Waals surface area contributed by atoms with Crippen LogP contribution in [0.15, 0.2) is 22.4 Å². The predicted octanol–water partition coefficient (Wildman–Crippen LogP) is 4.18. The number of carbonyl (C=O) groups is 1. The fourth-order valence-electron chi connectivity index (χ4n) is 3.41. The molecule has 1 aliphatic heterocycles. The van der Waals surface area contributed by atoms with Gasteiger partial charge in [-0.1, -0.05) is 11.3 Å². The average Bonchev–Trinajstić information content (AvgIpc) is 3.26. The van der Waals surface area contributed by atoms with Crippen LogP contribution in [0.4, 0.5) is 35.4 Å². The Bertz CT molecular complexity index is 1200. The van der Waals surface area contributed by atoms with Crippen molar-refractivity contribution in [2.75, 3.05) is 36.5 Å². The van der Waals surface area contributed by atoms with Crippen molar-refractivity contribution >= 4 is 49.5 Å². The van der Waals surface area contributed by atoms with E-state index in [1.165, 1.54) is 19.2 Å². The molecule has 0 radical (unpaired) electrons. The molecule has 0 amide bonds. The van der Waals surface area contributed by atoms with E-state index in [2.05, 4.69) is 20.4 Å². The maximum absolute atomic E-state index is 13.1. The molecule has 0 bridgehead atoms. The number of fused-ring (bicyclic) bond motifs is 1. The highest BCUT2D eigenvalue weighted by atomic mass is 32.2. The molecule has 3 rings (SSSR count). The number of ether oxygens (including phenoxy) is 2. The van der Waals surface area contributed by atoms with E-state index in [4.69, 9.17) is 9.47 Å². The minimum Gasteiger partial charge on any atom is -0.458 e. The topological polar surface area (TPSA) is 135 Å². The number of anilines is 2. The number of alkyl halides is 3. The molecule has 0 fully saturated rings. The zero-order valence-corrected chi connectivity index (χ0v) is 20.6. The molecule has 35 heavy (non-hydrogen) atoms. The first-order chi connectivity index (χ1) is 16.5. The van der Waals surface area contributed by atoms with E-state index in [1.54, 1.807) is 4.72 Å². The number of aromatic nitrogens is 2. The Morgan fingerprint density at radius 1 is 1.29 bits per heavy atom. The van der Waals surface area contributed by atoms with E-state index in [0.29, 0.717) is 18.7 Å². The van der Waals surface area contributed by atoms with E-state index < -0.39 is 21.5 Å². The Balaban J connectivity index is 1.95. The maximum atomic E-state index is 13.1. The number of carbonyl (C=O) groups excluding carboxylic acids is 1. The standard InChI is InChI=1S/C19H23F3N6O5S2/c1-4-28-11(2)5-6-12-9-13(14(10-15(12)28)27-35(30,31)19(20,21)22)23-25-18-26-24-16(34-18)17(29)33-8-7-32-3/h9-11,27H,4-8H2,1-3H3. The van der Waals surface area contributed by atoms with Crippen molar-refractivity contribution in [3.05, 3.63) is 22.7 Å². The largest absolute Gasteiger partial charge is 0.516 e. The first kappa shape index (κ1) is 26.7. The SMILES string of the molecule is CCN1c2cc(NS(=O)(=O)C(F)(F)F)c(N=Nc3nnc(C(=O)OCCOC)s3)cc2CCC1C. The van der Waals surface area contributed by atoms with Gasteiger partial charge in [0.2, 0.25) is 5.01 Å². The number of nitrogens with one attached hydrogen (secondary N) is 1. The highest BCUT2D eigenvalue weighted by molar-refractivity contribution is 7.93. The summed E-state index contributed by atoms with van der Waals surface area (Å²) < 4.78 is 74.1. The van der Waals surface area contributed by atoms with Crippen LogP contribution in [-0.4, -0.2) is 63.0 Å². The smallest absolute Gasteiger partial charge is 0.458 e. The quantitative estimate of drug-likeness (QED) is 0.286. The molecule has 1 atom stereocenters. The first-order valence-electron chi connectivity index (χ1n) is 10.4. The summed E-state index contributed by atoms with van der Waals surface area (Å²) in [5.74, 6) is -0.748. The van der Waals surface area contributed by atoms with Crippen LogP contribution in [-0.2, 0) is 25.9 Å². The highest BCUT2D eigenvalue weighted by Crippen LogP contribution is 2.40. The van der Waals surface area contributed by atoms with Crippen molar-refractivity contribution in [2.45, 2.75) is 38.2 Å². The van der Waals surface area contributed by atoms with E-state index in [-0.39, 0.29) is 40.8 Å². The van der Waals surface area contributed by atoms with Gasteiger partial charge in [0, 0.05) is 25.4 Å². The zero-order chi connectivity index (χ0) is 25.8. The van der Waals surface area contributed by atoms with Gasteiger partial charge in [0.25, 0.3) is 5.13 Å². The third-order valence-corrected chi connectivity index (χ3v) is 7.00. The van der Waals surface area contributed by atoms with Crippen molar-refractivity contribution < 1.29 is 35.9 Å². The number of methoxy groups -OCH3 is 1. The molecule has 2 heterocycles. The lowest BCUT2D eigenvalue weighted by atomic mass is 9.95. The summed E-state index contributed by atoms with van der Waals surface area (Å²) in [6.45, 7) is 4.66. The third kappa shape index (κ3) is 6.24. The molecule has 0 saturated carbocycles. The van der Waals surface area contributed by atoms with Gasteiger partial charge in [-0.3, -0.25) is 4.72 Å². The molecule has 1 aromatic heterocycles. The van der Waals surface area contributed by atoms with Gasteiger partial charge in [-0.05, 0) is 44.4 Å². The summed E-state index contributed by atoms with van der Waals surface area (Å²) in [7, 11) is -4.26. The van der Waals surface area contributed by atoms with E-state index in [9.17, 15) is 26.4 Å². The molecule has 1 N–H and O–H groups in total. The molecule has 16 heteroatoms. The number of aryl methyl sites for hydroxylation is 1. The lowest BCUT2D eigenvalue weighted by Gasteiger charge is -2.36. The van der Waals surface area contributed by atoms with Crippen molar-refractivity contribution in [3.63, 3.8) is 0 Å².